The molecule has 1 aromatic heterocycles. The van der Waals surface area contributed by atoms with Crippen LogP contribution in [-0.4, -0.2) is 4.98 Å². The lowest BCUT2D eigenvalue weighted by Gasteiger charge is -1.89. The Kier molecular flexibility index (Phi) is 1.27. The van der Waals surface area contributed by atoms with Crippen LogP contribution in [0.25, 0.3) is 11.1 Å². The first-order valence-electron chi connectivity index (χ1n) is 3.18. The SMILES string of the molecule is Nc1nc2ccc(F)c(F)c2o1. The Labute approximate surface area is 65.8 Å². The fraction of sp³-hybridized carbons (Fsp3) is 0. The number of nitrogens with zero attached hydrogens (tertiary/aromatic N) is 1. The first-order valence-corrected chi connectivity index (χ1v) is 3.18. The number of hydrogen-bond donors (Lipinski definition) is 1. The summed E-state index contributed by atoms with van der Waals surface area (Å²) in [5.41, 5.74) is 5.11. The first kappa shape index (κ1) is 7.02. The molecule has 2 aromatic rings. The zero-order valence-corrected chi connectivity index (χ0v) is 5.84. The lowest BCUT2D eigenvalue weighted by Crippen LogP contribution is -1.82. The van der Waals surface area contributed by atoms with Crippen LogP contribution in [0.3, 0.4) is 0 Å². The predicted molar refractivity (Wildman–Crippen MR) is 38.3 cm³/mol. The van der Waals surface area contributed by atoms with Crippen LogP contribution < -0.4 is 5.73 Å². The van der Waals surface area contributed by atoms with E-state index in [4.69, 9.17) is 5.73 Å². The Morgan fingerprint density at radius 3 is 2.83 bits per heavy atom. The summed E-state index contributed by atoms with van der Waals surface area (Å²) in [6.45, 7) is 0. The number of oxazole rings is 1. The van der Waals surface area contributed by atoms with E-state index in [2.05, 4.69) is 9.40 Å². The van der Waals surface area contributed by atoms with Gasteiger partial charge in [0.25, 0.3) is 6.01 Å². The van der Waals surface area contributed by atoms with Gasteiger partial charge in [0.1, 0.15) is 5.52 Å². The van der Waals surface area contributed by atoms with Crippen molar-refractivity contribution in [2.45, 2.75) is 0 Å². The molecule has 0 aliphatic heterocycles. The smallest absolute Gasteiger partial charge is 0.293 e. The lowest BCUT2D eigenvalue weighted by molar-refractivity contribution is 0.494. The van der Waals surface area contributed by atoms with E-state index in [9.17, 15) is 8.78 Å². The van der Waals surface area contributed by atoms with Gasteiger partial charge in [0, 0.05) is 0 Å². The van der Waals surface area contributed by atoms with Gasteiger partial charge in [-0.05, 0) is 12.1 Å². The van der Waals surface area contributed by atoms with Crippen LogP contribution >= 0.6 is 0 Å². The molecule has 0 radical (unpaired) electrons. The topological polar surface area (TPSA) is 52.0 Å². The van der Waals surface area contributed by atoms with E-state index >= 15 is 0 Å². The molecule has 0 unspecified atom stereocenters. The second kappa shape index (κ2) is 2.17. The van der Waals surface area contributed by atoms with Gasteiger partial charge in [-0.3, -0.25) is 0 Å². The van der Waals surface area contributed by atoms with E-state index in [1.165, 1.54) is 6.07 Å². The quantitative estimate of drug-likeness (QED) is 0.654. The normalized spacial score (nSPS) is 10.8. The van der Waals surface area contributed by atoms with Crippen LogP contribution in [0, 0.1) is 11.6 Å². The molecule has 0 aliphatic carbocycles. The molecule has 0 aliphatic rings. The summed E-state index contributed by atoms with van der Waals surface area (Å²) < 4.78 is 30.0. The van der Waals surface area contributed by atoms with E-state index in [1.807, 2.05) is 0 Å². The fourth-order valence-electron chi connectivity index (χ4n) is 0.953. The monoisotopic (exact) mass is 170 g/mol. The molecule has 0 amide bonds. The Morgan fingerprint density at radius 2 is 2.08 bits per heavy atom. The zero-order chi connectivity index (χ0) is 8.72. The summed E-state index contributed by atoms with van der Waals surface area (Å²) in [7, 11) is 0. The van der Waals surface area contributed by atoms with E-state index in [-0.39, 0.29) is 17.1 Å². The average Bonchev–Trinajstić information content (AvgIpc) is 2.39. The number of benzene rings is 1. The number of hydrogen-bond acceptors (Lipinski definition) is 3. The van der Waals surface area contributed by atoms with Gasteiger partial charge in [0.05, 0.1) is 0 Å². The van der Waals surface area contributed by atoms with Crippen molar-refractivity contribution in [3.05, 3.63) is 23.8 Å². The van der Waals surface area contributed by atoms with Crippen molar-refractivity contribution in [3.8, 4) is 0 Å². The molecule has 0 bridgehead atoms. The first-order chi connectivity index (χ1) is 5.68. The molecule has 0 spiro atoms. The van der Waals surface area contributed by atoms with Crippen molar-refractivity contribution in [1.82, 2.24) is 4.98 Å². The maximum Gasteiger partial charge on any atom is 0.293 e. The molecule has 2 N–H and O–H groups in total. The predicted octanol–water partition coefficient (Wildman–Crippen LogP) is 1.69. The number of nitrogen functional groups attached to an aromatic ring is 1. The second-order valence-electron chi connectivity index (χ2n) is 2.26. The summed E-state index contributed by atoms with van der Waals surface area (Å²) in [5, 5.41) is 0. The minimum absolute atomic E-state index is 0.172. The third-order valence-corrected chi connectivity index (χ3v) is 1.47. The van der Waals surface area contributed by atoms with Crippen molar-refractivity contribution in [3.63, 3.8) is 0 Å². The third-order valence-electron chi connectivity index (χ3n) is 1.47. The van der Waals surface area contributed by atoms with Gasteiger partial charge < -0.3 is 10.2 Å². The number of fused-ring (bicyclic) bond motifs is 1. The van der Waals surface area contributed by atoms with E-state index in [0.29, 0.717) is 0 Å². The molecule has 0 fully saturated rings. The van der Waals surface area contributed by atoms with E-state index < -0.39 is 11.6 Å². The molecule has 1 heterocycles. The standard InChI is InChI=1S/C7H4F2N2O/c8-3-1-2-4-6(5(3)9)12-7(10)11-4/h1-2H,(H2,10,11). The molecule has 5 heteroatoms. The van der Waals surface area contributed by atoms with Crippen molar-refractivity contribution >= 4 is 17.1 Å². The van der Waals surface area contributed by atoms with Gasteiger partial charge in [0.15, 0.2) is 11.4 Å². The summed E-state index contributed by atoms with van der Waals surface area (Å²) in [6.07, 6.45) is 0. The van der Waals surface area contributed by atoms with Crippen molar-refractivity contribution in [1.29, 1.82) is 0 Å². The van der Waals surface area contributed by atoms with Gasteiger partial charge in [-0.2, -0.15) is 9.37 Å². The Balaban J connectivity index is 2.89. The fourth-order valence-corrected chi connectivity index (χ4v) is 0.953. The summed E-state index contributed by atoms with van der Waals surface area (Å²) in [6, 6.07) is 2.10. The van der Waals surface area contributed by atoms with Gasteiger partial charge in [-0.15, -0.1) is 0 Å². The minimum atomic E-state index is -1.06. The highest BCUT2D eigenvalue weighted by Crippen LogP contribution is 2.21. The van der Waals surface area contributed by atoms with Gasteiger partial charge in [-0.1, -0.05) is 0 Å². The highest BCUT2D eigenvalue weighted by molar-refractivity contribution is 5.74. The lowest BCUT2D eigenvalue weighted by atomic mass is 10.3. The average molecular weight is 170 g/mol. The maximum absolute atomic E-state index is 12.8. The van der Waals surface area contributed by atoms with Crippen molar-refractivity contribution in [2.75, 3.05) is 5.73 Å². The maximum atomic E-state index is 12.8. The molecule has 0 saturated carbocycles. The second-order valence-corrected chi connectivity index (χ2v) is 2.26. The molecular weight excluding hydrogens is 166 g/mol. The van der Waals surface area contributed by atoms with Gasteiger partial charge >= 0.3 is 0 Å². The van der Waals surface area contributed by atoms with Crippen LogP contribution in [0.15, 0.2) is 16.5 Å². The van der Waals surface area contributed by atoms with E-state index in [1.54, 1.807) is 0 Å². The Morgan fingerprint density at radius 1 is 1.33 bits per heavy atom. The highest BCUT2D eigenvalue weighted by Gasteiger charge is 2.12. The van der Waals surface area contributed by atoms with Crippen molar-refractivity contribution in [2.24, 2.45) is 0 Å². The van der Waals surface area contributed by atoms with Crippen LogP contribution in [0.5, 0.6) is 0 Å². The summed E-state index contributed by atoms with van der Waals surface area (Å²) in [4.78, 5) is 3.62. The molecule has 0 saturated heterocycles. The number of rotatable bonds is 0. The van der Waals surface area contributed by atoms with Crippen LogP contribution in [0.4, 0.5) is 14.8 Å². The van der Waals surface area contributed by atoms with Crippen molar-refractivity contribution < 1.29 is 13.2 Å². The summed E-state index contributed by atoms with van der Waals surface area (Å²) >= 11 is 0. The molecule has 3 nitrogen and oxygen atoms in total. The molecule has 62 valence electrons. The van der Waals surface area contributed by atoms with Gasteiger partial charge in [0.2, 0.25) is 5.82 Å². The highest BCUT2D eigenvalue weighted by atomic mass is 19.2. The number of aromatic nitrogens is 1. The molecule has 2 rings (SSSR count). The number of anilines is 1. The molecule has 0 atom stereocenters. The Hall–Kier alpha value is -1.65. The Bertz CT molecular complexity index is 438. The third kappa shape index (κ3) is 0.827. The molecule has 12 heavy (non-hydrogen) atoms. The number of halogens is 2. The van der Waals surface area contributed by atoms with E-state index in [0.717, 1.165) is 6.07 Å². The van der Waals surface area contributed by atoms with Crippen LogP contribution in [0.1, 0.15) is 0 Å². The van der Waals surface area contributed by atoms with Crippen LogP contribution in [-0.2, 0) is 0 Å². The van der Waals surface area contributed by atoms with Gasteiger partial charge in [-0.25, -0.2) is 4.39 Å². The molecule has 1 aromatic carbocycles. The number of nitrogens with two attached hydrogens (primary N) is 1. The zero-order valence-electron chi connectivity index (χ0n) is 5.84. The largest absolute Gasteiger partial charge is 0.420 e. The summed E-state index contributed by atoms with van der Waals surface area (Å²) in [5.74, 6) is -2.03. The minimum Gasteiger partial charge on any atom is -0.420 e. The molecular formula is C7H4F2N2O. The van der Waals surface area contributed by atoms with Crippen LogP contribution in [0.2, 0.25) is 0 Å².